The van der Waals surface area contributed by atoms with E-state index < -0.39 is 45.6 Å². The van der Waals surface area contributed by atoms with Gasteiger partial charge in [-0.05, 0) is 24.8 Å². The normalized spacial score (nSPS) is 52.5. The fraction of sp³-hybridized carbons (Fsp3) is 0.750. The standard InChI is InChI=1S/C20H28O6/c1-5-17(4)9-11(21)13-12(14(17)22)15(23)19(24)20(25)16(2,3)7-6-8-18(13,20)10-26-19/h5,11,14,21-22,24-25H,1,6-10H2,2-4H3/t11-,14+,17-,18-,19-,20+/m1/s1. The van der Waals surface area contributed by atoms with Gasteiger partial charge in [-0.2, -0.15) is 0 Å². The molecule has 0 aromatic rings. The molecule has 6 atom stereocenters. The first-order valence-electron chi connectivity index (χ1n) is 9.30. The number of carbonyl (C=O) groups is 1. The third-order valence-electron chi connectivity index (χ3n) is 7.78. The molecule has 1 heterocycles. The Kier molecular flexibility index (Phi) is 3.42. The van der Waals surface area contributed by atoms with Crippen LogP contribution in [0.4, 0.5) is 0 Å². The lowest BCUT2D eigenvalue weighted by molar-refractivity contribution is -0.292. The van der Waals surface area contributed by atoms with E-state index in [1.807, 2.05) is 13.8 Å². The molecule has 6 nitrogen and oxygen atoms in total. The second-order valence-corrected chi connectivity index (χ2v) is 9.45. The van der Waals surface area contributed by atoms with Crippen LogP contribution in [-0.4, -0.2) is 56.4 Å². The van der Waals surface area contributed by atoms with Gasteiger partial charge in [-0.3, -0.25) is 4.79 Å². The minimum absolute atomic E-state index is 0.00600. The number of hydrogen-bond acceptors (Lipinski definition) is 6. The molecule has 144 valence electrons. The lowest BCUT2D eigenvalue weighted by atomic mass is 9.43. The molecular formula is C20H28O6. The third kappa shape index (κ3) is 1.61. The molecule has 4 rings (SSSR count). The van der Waals surface area contributed by atoms with E-state index in [0.717, 1.165) is 6.42 Å². The summed E-state index contributed by atoms with van der Waals surface area (Å²) >= 11 is 0. The number of aliphatic hydroxyl groups excluding tert-OH is 2. The zero-order valence-corrected chi connectivity index (χ0v) is 15.6. The fourth-order valence-corrected chi connectivity index (χ4v) is 6.26. The Hall–Kier alpha value is -1.05. The summed E-state index contributed by atoms with van der Waals surface area (Å²) in [5.41, 5.74) is -4.30. The molecule has 1 aliphatic heterocycles. The van der Waals surface area contributed by atoms with Gasteiger partial charge >= 0.3 is 0 Å². The molecule has 0 unspecified atom stereocenters. The molecule has 0 aromatic heterocycles. The first-order valence-corrected chi connectivity index (χ1v) is 9.30. The number of carbonyl (C=O) groups excluding carboxylic acids is 1. The van der Waals surface area contributed by atoms with Gasteiger partial charge in [0.1, 0.15) is 5.60 Å². The van der Waals surface area contributed by atoms with Gasteiger partial charge in [-0.25, -0.2) is 0 Å². The zero-order chi connectivity index (χ0) is 19.3. The van der Waals surface area contributed by atoms with E-state index in [1.54, 1.807) is 6.92 Å². The first-order chi connectivity index (χ1) is 11.9. The highest BCUT2D eigenvalue weighted by molar-refractivity contribution is 6.06. The minimum Gasteiger partial charge on any atom is -0.389 e. The molecule has 1 saturated heterocycles. The molecule has 3 aliphatic carbocycles. The highest BCUT2D eigenvalue weighted by Crippen LogP contribution is 2.70. The van der Waals surface area contributed by atoms with Gasteiger partial charge in [0, 0.05) is 16.4 Å². The van der Waals surface area contributed by atoms with Crippen molar-refractivity contribution in [2.45, 2.75) is 70.1 Å². The van der Waals surface area contributed by atoms with Crippen molar-refractivity contribution in [3.8, 4) is 0 Å². The van der Waals surface area contributed by atoms with Crippen molar-refractivity contribution in [3.63, 3.8) is 0 Å². The Bertz CT molecular complexity index is 741. The Morgan fingerprint density at radius 3 is 2.46 bits per heavy atom. The van der Waals surface area contributed by atoms with Crippen molar-refractivity contribution in [2.24, 2.45) is 16.2 Å². The third-order valence-corrected chi connectivity index (χ3v) is 7.78. The predicted octanol–water partition coefficient (Wildman–Crippen LogP) is 0.830. The molecule has 2 bridgehead atoms. The summed E-state index contributed by atoms with van der Waals surface area (Å²) in [4.78, 5) is 13.3. The van der Waals surface area contributed by atoms with Crippen LogP contribution in [0.2, 0.25) is 0 Å². The van der Waals surface area contributed by atoms with Crippen molar-refractivity contribution in [3.05, 3.63) is 23.8 Å². The summed E-state index contributed by atoms with van der Waals surface area (Å²) in [7, 11) is 0. The molecule has 1 saturated carbocycles. The van der Waals surface area contributed by atoms with E-state index in [0.29, 0.717) is 18.4 Å². The van der Waals surface area contributed by atoms with Crippen LogP contribution in [-0.2, 0) is 9.53 Å². The average Bonchev–Trinajstić information content (AvgIpc) is 2.75. The van der Waals surface area contributed by atoms with Crippen LogP contribution in [0.3, 0.4) is 0 Å². The SMILES string of the molecule is C=C[C@]1(C)C[C@@H](O)C2=C(C(=O)[C@@]3(O)OC[C@]24CCCC(C)(C)[C@]43O)[C@@H]1O. The van der Waals surface area contributed by atoms with Crippen molar-refractivity contribution in [1.29, 1.82) is 0 Å². The van der Waals surface area contributed by atoms with Crippen molar-refractivity contribution >= 4 is 5.78 Å². The highest BCUT2D eigenvalue weighted by atomic mass is 16.7. The maximum atomic E-state index is 13.3. The minimum atomic E-state index is -2.42. The van der Waals surface area contributed by atoms with Gasteiger partial charge in [-0.15, -0.1) is 6.58 Å². The Morgan fingerprint density at radius 2 is 1.85 bits per heavy atom. The zero-order valence-electron chi connectivity index (χ0n) is 15.6. The maximum Gasteiger partial charge on any atom is 0.262 e. The average molecular weight is 364 g/mol. The number of ether oxygens (including phenoxy) is 1. The van der Waals surface area contributed by atoms with Gasteiger partial charge < -0.3 is 25.2 Å². The number of aliphatic hydroxyl groups is 4. The van der Waals surface area contributed by atoms with Crippen LogP contribution in [0.5, 0.6) is 0 Å². The highest BCUT2D eigenvalue weighted by Gasteiger charge is 2.82. The Labute approximate surface area is 153 Å². The smallest absolute Gasteiger partial charge is 0.262 e. The summed E-state index contributed by atoms with van der Waals surface area (Å²) in [6.07, 6.45) is 1.36. The van der Waals surface area contributed by atoms with E-state index in [1.165, 1.54) is 6.08 Å². The summed E-state index contributed by atoms with van der Waals surface area (Å²) < 4.78 is 5.61. The summed E-state index contributed by atoms with van der Waals surface area (Å²) in [5, 5.41) is 45.1. The fourth-order valence-electron chi connectivity index (χ4n) is 6.26. The molecule has 0 spiro atoms. The topological polar surface area (TPSA) is 107 Å². The molecule has 0 aromatic carbocycles. The number of Topliss-reactive ketones (excluding diaryl/α,β-unsaturated/α-hetero) is 1. The van der Waals surface area contributed by atoms with E-state index in [9.17, 15) is 25.2 Å². The van der Waals surface area contributed by atoms with Crippen LogP contribution in [0.1, 0.15) is 46.5 Å². The number of hydrogen-bond donors (Lipinski definition) is 4. The molecule has 0 radical (unpaired) electrons. The van der Waals surface area contributed by atoms with Crippen LogP contribution >= 0.6 is 0 Å². The summed E-state index contributed by atoms with van der Waals surface area (Å²) in [6.45, 7) is 9.05. The molecule has 4 aliphatic rings. The molecular weight excluding hydrogens is 336 g/mol. The molecule has 0 amide bonds. The van der Waals surface area contributed by atoms with Gasteiger partial charge in [0.2, 0.25) is 5.78 Å². The number of ketones is 1. The van der Waals surface area contributed by atoms with E-state index >= 15 is 0 Å². The van der Waals surface area contributed by atoms with Gasteiger partial charge in [0.15, 0.2) is 0 Å². The predicted molar refractivity (Wildman–Crippen MR) is 92.9 cm³/mol. The molecule has 4 N–H and O–H groups in total. The van der Waals surface area contributed by atoms with E-state index in [4.69, 9.17) is 4.74 Å². The molecule has 26 heavy (non-hydrogen) atoms. The van der Waals surface area contributed by atoms with Gasteiger partial charge in [0.25, 0.3) is 5.79 Å². The van der Waals surface area contributed by atoms with Gasteiger partial charge in [0.05, 0.1) is 24.2 Å². The Balaban J connectivity index is 2.06. The quantitative estimate of drug-likeness (QED) is 0.514. The van der Waals surface area contributed by atoms with E-state index in [-0.39, 0.29) is 18.6 Å². The molecule has 6 heteroatoms. The lowest BCUT2D eigenvalue weighted by Crippen LogP contribution is -2.75. The van der Waals surface area contributed by atoms with Crippen molar-refractivity contribution in [2.75, 3.05) is 6.61 Å². The second-order valence-electron chi connectivity index (χ2n) is 9.45. The monoisotopic (exact) mass is 364 g/mol. The van der Waals surface area contributed by atoms with Gasteiger partial charge in [-0.1, -0.05) is 33.3 Å². The Morgan fingerprint density at radius 1 is 1.19 bits per heavy atom. The van der Waals surface area contributed by atoms with Crippen LogP contribution in [0.25, 0.3) is 0 Å². The first kappa shape index (κ1) is 18.3. The van der Waals surface area contributed by atoms with Crippen molar-refractivity contribution < 1.29 is 30.0 Å². The van der Waals surface area contributed by atoms with Crippen molar-refractivity contribution in [1.82, 2.24) is 0 Å². The summed E-state index contributed by atoms with van der Waals surface area (Å²) in [6, 6.07) is 0. The number of rotatable bonds is 1. The maximum absolute atomic E-state index is 13.3. The second kappa shape index (κ2) is 4.86. The van der Waals surface area contributed by atoms with Crippen LogP contribution in [0.15, 0.2) is 23.8 Å². The van der Waals surface area contributed by atoms with E-state index in [2.05, 4.69) is 6.58 Å². The largest absolute Gasteiger partial charge is 0.389 e. The lowest BCUT2D eigenvalue weighted by Gasteiger charge is -2.62. The summed E-state index contributed by atoms with van der Waals surface area (Å²) in [5.74, 6) is -3.26. The van der Waals surface area contributed by atoms with Crippen LogP contribution < -0.4 is 0 Å². The van der Waals surface area contributed by atoms with Crippen LogP contribution in [0, 0.1) is 16.2 Å². The molecule has 2 fully saturated rings.